The Bertz CT molecular complexity index is 836. The van der Waals surface area contributed by atoms with Crippen LogP contribution in [0.2, 0.25) is 0 Å². The minimum Gasteiger partial charge on any atom is -0.507 e. The smallest absolute Gasteiger partial charge is 0.226 e. The van der Waals surface area contributed by atoms with Crippen LogP contribution in [0.3, 0.4) is 0 Å². The quantitative estimate of drug-likeness (QED) is 0.426. The second-order valence-electron chi connectivity index (χ2n) is 4.95. The van der Waals surface area contributed by atoms with Crippen LogP contribution < -0.4 is 0 Å². The lowest BCUT2D eigenvalue weighted by molar-refractivity contribution is 0.103. The van der Waals surface area contributed by atoms with Crippen LogP contribution in [0.15, 0.2) is 47.6 Å². The summed E-state index contributed by atoms with van der Waals surface area (Å²) in [7, 11) is 0. The number of aryl methyl sites for hydroxylation is 1. The highest BCUT2D eigenvalue weighted by molar-refractivity contribution is 6.05. The first-order valence-corrected chi connectivity index (χ1v) is 6.91. The van der Waals surface area contributed by atoms with Crippen LogP contribution in [0.4, 0.5) is 0 Å². The molecule has 0 amide bonds. The molecule has 0 aromatic carbocycles. The predicted octanol–water partition coefficient (Wildman–Crippen LogP) is 2.47. The molecule has 3 heterocycles. The van der Waals surface area contributed by atoms with Crippen molar-refractivity contribution >= 4 is 11.5 Å². The number of furan rings is 1. The van der Waals surface area contributed by atoms with Gasteiger partial charge in [-0.2, -0.15) is 5.10 Å². The number of aromatic nitrogens is 4. The first-order chi connectivity index (χ1) is 11.1. The van der Waals surface area contributed by atoms with E-state index in [-0.39, 0.29) is 11.6 Å². The van der Waals surface area contributed by atoms with E-state index in [9.17, 15) is 9.90 Å². The van der Waals surface area contributed by atoms with E-state index < -0.39 is 5.78 Å². The zero-order valence-electron chi connectivity index (χ0n) is 12.4. The summed E-state index contributed by atoms with van der Waals surface area (Å²) < 4.78 is 5.40. The average Bonchev–Trinajstić information content (AvgIpc) is 3.18. The number of pyridine rings is 1. The number of carbonyl (C=O) groups excluding carboxylic acids is 1. The van der Waals surface area contributed by atoms with Crippen molar-refractivity contribution in [3.8, 4) is 0 Å². The monoisotopic (exact) mass is 310 g/mol. The molecular weight excluding hydrogens is 296 g/mol. The minimum absolute atomic E-state index is 0.0633. The predicted molar refractivity (Wildman–Crippen MR) is 81.8 cm³/mol. The topological polar surface area (TPSA) is 105 Å². The third kappa shape index (κ3) is 3.18. The second kappa shape index (κ2) is 6.27. The molecule has 0 aliphatic carbocycles. The van der Waals surface area contributed by atoms with E-state index >= 15 is 0 Å². The Kier molecular flexibility index (Phi) is 4.01. The van der Waals surface area contributed by atoms with Crippen molar-refractivity contribution in [1.29, 1.82) is 0 Å². The van der Waals surface area contributed by atoms with E-state index in [1.807, 2.05) is 12.1 Å². The van der Waals surface area contributed by atoms with Gasteiger partial charge in [-0.1, -0.05) is 0 Å². The van der Waals surface area contributed by atoms with Crippen molar-refractivity contribution in [2.45, 2.75) is 13.3 Å². The molecule has 0 atom stereocenters. The highest BCUT2D eigenvalue weighted by Crippen LogP contribution is 2.26. The van der Waals surface area contributed by atoms with Gasteiger partial charge in [0.05, 0.1) is 11.8 Å². The summed E-state index contributed by atoms with van der Waals surface area (Å²) in [5, 5.41) is 16.4. The molecule has 23 heavy (non-hydrogen) atoms. The van der Waals surface area contributed by atoms with E-state index in [0.29, 0.717) is 17.7 Å². The molecule has 0 spiro atoms. The molecule has 0 saturated carbocycles. The van der Waals surface area contributed by atoms with Crippen LogP contribution in [-0.4, -0.2) is 31.1 Å². The zero-order chi connectivity index (χ0) is 16.2. The molecule has 0 saturated heterocycles. The molecule has 0 bridgehead atoms. The maximum absolute atomic E-state index is 12.0. The number of ketones is 1. The van der Waals surface area contributed by atoms with Gasteiger partial charge >= 0.3 is 0 Å². The minimum atomic E-state index is -0.463. The summed E-state index contributed by atoms with van der Waals surface area (Å²) in [6.45, 7) is 1.73. The first-order valence-electron chi connectivity index (χ1n) is 6.91. The van der Waals surface area contributed by atoms with Gasteiger partial charge in [-0.3, -0.25) is 14.9 Å². The number of carbonyl (C=O) groups is 1. The molecule has 7 nitrogen and oxygen atoms in total. The molecule has 3 rings (SSSR count). The molecule has 3 aromatic rings. The number of rotatable bonds is 5. The van der Waals surface area contributed by atoms with Gasteiger partial charge in [0, 0.05) is 30.5 Å². The molecule has 0 aliphatic heterocycles. The van der Waals surface area contributed by atoms with Gasteiger partial charge in [0.25, 0.3) is 0 Å². The third-order valence-corrected chi connectivity index (χ3v) is 3.37. The molecule has 7 heteroatoms. The number of nitrogens with zero attached hydrogens (tertiary/aromatic N) is 3. The standard InChI is InChI=1S/C16H14N4O3/c1-10-15(13(21)7-14(22)16-18-9-19-20-16)12(8-23-10)6-11-2-4-17-5-3-11/h2-5,7-9,21H,6H2,1H3,(H,18,19,20). The summed E-state index contributed by atoms with van der Waals surface area (Å²) in [6.07, 6.45) is 7.87. The fraction of sp³-hybridized carbons (Fsp3) is 0.125. The van der Waals surface area contributed by atoms with Crippen molar-refractivity contribution in [2.75, 3.05) is 0 Å². The maximum Gasteiger partial charge on any atom is 0.226 e. The fourth-order valence-electron chi connectivity index (χ4n) is 2.29. The molecule has 116 valence electrons. The van der Waals surface area contributed by atoms with E-state index in [0.717, 1.165) is 17.2 Å². The molecule has 2 N–H and O–H groups in total. The molecule has 3 aromatic heterocycles. The van der Waals surface area contributed by atoms with Crippen molar-refractivity contribution in [3.05, 3.63) is 71.5 Å². The SMILES string of the molecule is Cc1occ(Cc2ccncc2)c1C(O)=CC(=O)c1ncn[nH]1. The van der Waals surface area contributed by atoms with E-state index in [1.54, 1.807) is 25.6 Å². The van der Waals surface area contributed by atoms with Crippen molar-refractivity contribution in [3.63, 3.8) is 0 Å². The van der Waals surface area contributed by atoms with Gasteiger partial charge in [0.1, 0.15) is 17.8 Å². The van der Waals surface area contributed by atoms with E-state index in [1.165, 1.54) is 6.33 Å². The highest BCUT2D eigenvalue weighted by atomic mass is 16.3. The van der Waals surface area contributed by atoms with Crippen molar-refractivity contribution < 1.29 is 14.3 Å². The van der Waals surface area contributed by atoms with Gasteiger partial charge in [-0.25, -0.2) is 4.98 Å². The number of aliphatic hydroxyl groups is 1. The number of H-pyrrole nitrogens is 1. The third-order valence-electron chi connectivity index (χ3n) is 3.37. The number of hydrogen-bond acceptors (Lipinski definition) is 6. The van der Waals surface area contributed by atoms with Crippen LogP contribution in [0, 0.1) is 6.92 Å². The average molecular weight is 310 g/mol. The van der Waals surface area contributed by atoms with Crippen LogP contribution in [0.1, 0.15) is 33.1 Å². The van der Waals surface area contributed by atoms with Crippen LogP contribution in [-0.2, 0) is 6.42 Å². The Morgan fingerprint density at radius 2 is 2.17 bits per heavy atom. The Morgan fingerprint density at radius 3 is 2.87 bits per heavy atom. The van der Waals surface area contributed by atoms with Gasteiger partial charge in [0.2, 0.25) is 5.78 Å². The maximum atomic E-state index is 12.0. The molecule has 0 aliphatic rings. The number of aromatic amines is 1. The summed E-state index contributed by atoms with van der Waals surface area (Å²) in [6, 6.07) is 3.76. The molecule has 0 unspecified atom stereocenters. The lowest BCUT2D eigenvalue weighted by atomic mass is 10.0. The largest absolute Gasteiger partial charge is 0.507 e. The first kappa shape index (κ1) is 14.7. The van der Waals surface area contributed by atoms with E-state index in [4.69, 9.17) is 4.42 Å². The van der Waals surface area contributed by atoms with E-state index in [2.05, 4.69) is 20.2 Å². The van der Waals surface area contributed by atoms with Crippen LogP contribution in [0.5, 0.6) is 0 Å². The fourth-order valence-corrected chi connectivity index (χ4v) is 2.29. The van der Waals surface area contributed by atoms with Gasteiger partial charge in [-0.05, 0) is 24.6 Å². The lowest BCUT2D eigenvalue weighted by Gasteiger charge is -2.04. The normalized spacial score (nSPS) is 11.6. The van der Waals surface area contributed by atoms with Crippen molar-refractivity contribution in [2.24, 2.45) is 0 Å². The summed E-state index contributed by atoms with van der Waals surface area (Å²) in [5.41, 5.74) is 2.32. The number of hydrogen-bond donors (Lipinski definition) is 2. The van der Waals surface area contributed by atoms with Crippen LogP contribution >= 0.6 is 0 Å². The number of allylic oxidation sites excluding steroid dienone is 1. The Hall–Kier alpha value is -3.22. The van der Waals surface area contributed by atoms with Gasteiger partial charge in [0.15, 0.2) is 5.82 Å². The Labute approximate surface area is 131 Å². The van der Waals surface area contributed by atoms with Gasteiger partial charge in [-0.15, -0.1) is 0 Å². The molecular formula is C16H14N4O3. The molecule has 0 radical (unpaired) electrons. The lowest BCUT2D eigenvalue weighted by Crippen LogP contribution is -2.01. The summed E-state index contributed by atoms with van der Waals surface area (Å²) in [4.78, 5) is 19.7. The van der Waals surface area contributed by atoms with Gasteiger partial charge < -0.3 is 9.52 Å². The summed E-state index contributed by atoms with van der Waals surface area (Å²) in [5.74, 6) is -0.0290. The Balaban J connectivity index is 1.90. The molecule has 0 fully saturated rings. The highest BCUT2D eigenvalue weighted by Gasteiger charge is 2.17. The number of nitrogens with one attached hydrogen (secondary N) is 1. The van der Waals surface area contributed by atoms with Crippen molar-refractivity contribution in [1.82, 2.24) is 20.2 Å². The zero-order valence-corrected chi connectivity index (χ0v) is 12.4. The number of aliphatic hydroxyl groups excluding tert-OH is 1. The Morgan fingerprint density at radius 1 is 1.39 bits per heavy atom. The summed E-state index contributed by atoms with van der Waals surface area (Å²) >= 11 is 0. The second-order valence-corrected chi connectivity index (χ2v) is 4.95. The van der Waals surface area contributed by atoms with Crippen LogP contribution in [0.25, 0.3) is 5.76 Å².